The first-order chi connectivity index (χ1) is 5.33. The van der Waals surface area contributed by atoms with Crippen LogP contribution < -0.4 is 0 Å². The first-order valence-electron chi connectivity index (χ1n) is 3.42. The van der Waals surface area contributed by atoms with E-state index in [1.54, 1.807) is 12.1 Å². The van der Waals surface area contributed by atoms with Gasteiger partial charge in [0.05, 0.1) is 0 Å². The van der Waals surface area contributed by atoms with E-state index in [1.165, 1.54) is 12.1 Å². The molecule has 0 aliphatic rings. The minimum Gasteiger partial charge on any atom is -0.207 e. The Morgan fingerprint density at radius 1 is 1.27 bits per heavy atom. The van der Waals surface area contributed by atoms with E-state index in [4.69, 9.17) is 0 Å². The lowest BCUT2D eigenvalue weighted by Crippen LogP contribution is -1.84. The molecule has 1 rings (SSSR count). The van der Waals surface area contributed by atoms with Gasteiger partial charge in [0.2, 0.25) is 0 Å². The highest BCUT2D eigenvalue weighted by Crippen LogP contribution is 2.04. The van der Waals surface area contributed by atoms with Crippen molar-refractivity contribution in [1.82, 2.24) is 0 Å². The molecule has 1 radical (unpaired) electrons. The second-order valence-corrected chi connectivity index (χ2v) is 2.56. The average molecular weight is 167 g/mol. The van der Waals surface area contributed by atoms with E-state index >= 15 is 0 Å². The van der Waals surface area contributed by atoms with Gasteiger partial charge in [-0.05, 0) is 30.5 Å². The molecule has 0 aliphatic carbocycles. The van der Waals surface area contributed by atoms with Crippen LogP contribution in [0.1, 0.15) is 12.0 Å². The predicted octanol–water partition coefficient (Wildman–Crippen LogP) is 2.64. The molecule has 2 heteroatoms. The standard InChI is InChI=1S/C9H8FS/c10-9-5-3-8(4-6-9)2-1-7-11/h3-6H,1-2H2. The number of thiocarbonyl (C=S) groups is 1. The van der Waals surface area contributed by atoms with Gasteiger partial charge in [0.1, 0.15) is 5.82 Å². The van der Waals surface area contributed by atoms with Gasteiger partial charge in [-0.3, -0.25) is 0 Å². The van der Waals surface area contributed by atoms with Crippen LogP contribution in [0.5, 0.6) is 0 Å². The van der Waals surface area contributed by atoms with Gasteiger partial charge in [-0.2, -0.15) is 0 Å². The highest BCUT2D eigenvalue weighted by atomic mass is 32.1. The smallest absolute Gasteiger partial charge is 0.123 e. The number of benzene rings is 1. The monoisotopic (exact) mass is 167 g/mol. The predicted molar refractivity (Wildman–Crippen MR) is 47.3 cm³/mol. The molecular weight excluding hydrogens is 159 g/mol. The fourth-order valence-corrected chi connectivity index (χ4v) is 0.949. The lowest BCUT2D eigenvalue weighted by molar-refractivity contribution is 0.627. The van der Waals surface area contributed by atoms with Crippen LogP contribution in [0.3, 0.4) is 0 Å². The molecular formula is C9H8FS. The first kappa shape index (κ1) is 8.34. The van der Waals surface area contributed by atoms with Crippen molar-refractivity contribution in [3.05, 3.63) is 35.6 Å². The topological polar surface area (TPSA) is 0 Å². The molecule has 0 aromatic heterocycles. The number of halogens is 1. The van der Waals surface area contributed by atoms with Crippen molar-refractivity contribution in [1.29, 1.82) is 0 Å². The van der Waals surface area contributed by atoms with Crippen LogP contribution in [0.15, 0.2) is 24.3 Å². The van der Waals surface area contributed by atoms with Crippen molar-refractivity contribution in [3.8, 4) is 0 Å². The van der Waals surface area contributed by atoms with Gasteiger partial charge in [-0.1, -0.05) is 24.4 Å². The van der Waals surface area contributed by atoms with E-state index in [1.807, 2.05) is 0 Å². The Morgan fingerprint density at radius 3 is 2.45 bits per heavy atom. The van der Waals surface area contributed by atoms with Gasteiger partial charge in [0.25, 0.3) is 0 Å². The Balaban J connectivity index is 2.58. The molecule has 0 nitrogen and oxygen atoms in total. The Kier molecular flexibility index (Phi) is 3.17. The summed E-state index contributed by atoms with van der Waals surface area (Å²) >= 11 is 4.55. The van der Waals surface area contributed by atoms with Crippen LogP contribution in [0.25, 0.3) is 0 Å². The van der Waals surface area contributed by atoms with Crippen molar-refractivity contribution in [2.45, 2.75) is 12.8 Å². The Morgan fingerprint density at radius 2 is 1.91 bits per heavy atom. The molecule has 0 bridgehead atoms. The molecule has 1 aromatic carbocycles. The zero-order chi connectivity index (χ0) is 8.10. The third-order valence-corrected chi connectivity index (χ3v) is 1.63. The molecule has 1 aromatic rings. The van der Waals surface area contributed by atoms with Gasteiger partial charge in [0.15, 0.2) is 0 Å². The zero-order valence-corrected chi connectivity index (χ0v) is 6.83. The summed E-state index contributed by atoms with van der Waals surface area (Å²) in [6.07, 6.45) is 1.60. The maximum Gasteiger partial charge on any atom is 0.123 e. The summed E-state index contributed by atoms with van der Waals surface area (Å²) < 4.78 is 12.4. The van der Waals surface area contributed by atoms with Crippen LogP contribution >= 0.6 is 12.2 Å². The molecule has 0 aliphatic heterocycles. The zero-order valence-electron chi connectivity index (χ0n) is 6.01. The lowest BCUT2D eigenvalue weighted by Gasteiger charge is -1.95. The molecule has 57 valence electrons. The normalized spacial score (nSPS) is 9.55. The van der Waals surface area contributed by atoms with Crippen molar-refractivity contribution in [2.75, 3.05) is 0 Å². The van der Waals surface area contributed by atoms with E-state index in [0.29, 0.717) is 0 Å². The Bertz CT molecular complexity index is 228. The van der Waals surface area contributed by atoms with Crippen LogP contribution in [0.2, 0.25) is 0 Å². The van der Waals surface area contributed by atoms with Crippen molar-refractivity contribution < 1.29 is 4.39 Å². The van der Waals surface area contributed by atoms with Crippen molar-refractivity contribution >= 4 is 17.6 Å². The van der Waals surface area contributed by atoms with E-state index in [9.17, 15) is 4.39 Å². The van der Waals surface area contributed by atoms with Gasteiger partial charge >= 0.3 is 0 Å². The van der Waals surface area contributed by atoms with Crippen molar-refractivity contribution in [3.63, 3.8) is 0 Å². The SMILES string of the molecule is Fc1ccc(CC[C]=S)cc1. The van der Waals surface area contributed by atoms with Gasteiger partial charge < -0.3 is 0 Å². The maximum atomic E-state index is 12.4. The van der Waals surface area contributed by atoms with E-state index in [-0.39, 0.29) is 5.82 Å². The Labute approximate surface area is 71.1 Å². The lowest BCUT2D eigenvalue weighted by atomic mass is 10.1. The summed E-state index contributed by atoms with van der Waals surface area (Å²) in [7, 11) is 0. The number of rotatable bonds is 3. The van der Waals surface area contributed by atoms with Crippen LogP contribution in [0.4, 0.5) is 4.39 Å². The molecule has 0 saturated carbocycles. The summed E-state index contributed by atoms with van der Waals surface area (Å²) in [4.78, 5) is 0. The molecule has 11 heavy (non-hydrogen) atoms. The molecule has 0 spiro atoms. The first-order valence-corrected chi connectivity index (χ1v) is 3.83. The van der Waals surface area contributed by atoms with E-state index < -0.39 is 0 Å². The minimum atomic E-state index is -0.194. The Hall–Kier alpha value is -0.760. The number of aryl methyl sites for hydroxylation is 1. The molecule has 0 N–H and O–H groups in total. The maximum absolute atomic E-state index is 12.4. The fourth-order valence-electron chi connectivity index (χ4n) is 0.846. The third kappa shape index (κ3) is 2.76. The third-order valence-electron chi connectivity index (χ3n) is 1.43. The molecule has 0 amide bonds. The summed E-state index contributed by atoms with van der Waals surface area (Å²) in [5.41, 5.74) is 1.10. The fraction of sp³-hybridized carbons (Fsp3) is 0.222. The van der Waals surface area contributed by atoms with Gasteiger partial charge in [-0.25, -0.2) is 4.39 Å². The van der Waals surface area contributed by atoms with Crippen LogP contribution in [0, 0.1) is 5.82 Å². The van der Waals surface area contributed by atoms with Crippen molar-refractivity contribution in [2.24, 2.45) is 0 Å². The molecule has 0 heterocycles. The quantitative estimate of drug-likeness (QED) is 0.623. The highest BCUT2D eigenvalue weighted by molar-refractivity contribution is 7.78. The summed E-state index contributed by atoms with van der Waals surface area (Å²) in [5, 5.41) is 2.62. The molecule has 0 saturated heterocycles. The molecule has 0 atom stereocenters. The average Bonchev–Trinajstić information content (AvgIpc) is 2.04. The highest BCUT2D eigenvalue weighted by Gasteiger charge is 1.91. The van der Waals surface area contributed by atoms with E-state index in [0.717, 1.165) is 18.4 Å². The second-order valence-electron chi connectivity index (χ2n) is 2.27. The molecule has 0 unspecified atom stereocenters. The van der Waals surface area contributed by atoms with Crippen LogP contribution in [-0.4, -0.2) is 5.37 Å². The molecule has 0 fully saturated rings. The largest absolute Gasteiger partial charge is 0.207 e. The van der Waals surface area contributed by atoms with Gasteiger partial charge in [-0.15, -0.1) is 0 Å². The summed E-state index contributed by atoms with van der Waals surface area (Å²) in [6, 6.07) is 6.45. The number of hydrogen-bond donors (Lipinski definition) is 0. The minimum absolute atomic E-state index is 0.194. The van der Waals surface area contributed by atoms with E-state index in [2.05, 4.69) is 17.6 Å². The van der Waals surface area contributed by atoms with Gasteiger partial charge in [0, 0.05) is 5.37 Å². The summed E-state index contributed by atoms with van der Waals surface area (Å²) in [5.74, 6) is -0.194. The number of hydrogen-bond acceptors (Lipinski definition) is 1. The summed E-state index contributed by atoms with van der Waals surface area (Å²) in [6.45, 7) is 0. The second kappa shape index (κ2) is 4.19. The van der Waals surface area contributed by atoms with Crippen LogP contribution in [-0.2, 0) is 6.42 Å².